The normalized spacial score (nSPS) is 18.7. The zero-order valence-corrected chi connectivity index (χ0v) is 13.1. The Morgan fingerprint density at radius 2 is 2.11 bits per heavy atom. The second kappa shape index (κ2) is 7.64. The van der Waals surface area contributed by atoms with Crippen LogP contribution in [0, 0.1) is 0 Å². The van der Waals surface area contributed by atoms with Crippen LogP contribution in [0.15, 0.2) is 42.5 Å². The summed E-state index contributed by atoms with van der Waals surface area (Å²) in [4.78, 5) is 14.3. The first-order valence-corrected chi connectivity index (χ1v) is 8.58. The van der Waals surface area contributed by atoms with E-state index < -0.39 is 0 Å². The van der Waals surface area contributed by atoms with Crippen molar-refractivity contribution in [2.45, 2.75) is 31.7 Å². The van der Waals surface area contributed by atoms with Gasteiger partial charge in [-0.3, -0.25) is 0 Å². The number of hydrogen-bond acceptors (Lipinski definition) is 2. The molecule has 1 atom stereocenters. The third kappa shape index (κ3) is 4.94. The predicted molar refractivity (Wildman–Crippen MR) is 80.9 cm³/mol. The zero-order valence-electron chi connectivity index (χ0n) is 11.4. The summed E-state index contributed by atoms with van der Waals surface area (Å²) in [6, 6.07) is 10.7. The van der Waals surface area contributed by atoms with Crippen LogP contribution >= 0.6 is 0 Å². The van der Waals surface area contributed by atoms with Crippen molar-refractivity contribution in [3.63, 3.8) is 0 Å². The van der Waals surface area contributed by atoms with E-state index in [-0.39, 0.29) is 15.0 Å². The van der Waals surface area contributed by atoms with E-state index in [1.165, 1.54) is 17.3 Å². The van der Waals surface area contributed by atoms with E-state index >= 15 is 0 Å². The van der Waals surface area contributed by atoms with Crippen LogP contribution < -0.4 is 4.46 Å². The van der Waals surface area contributed by atoms with E-state index in [1.54, 1.807) is 0 Å². The van der Waals surface area contributed by atoms with Crippen LogP contribution in [0.1, 0.15) is 25.7 Å². The quantitative estimate of drug-likeness (QED) is 0.590. The molecule has 3 heteroatoms. The molecule has 0 radical (unpaired) electrons. The molecule has 0 saturated heterocycles. The SMILES string of the molecule is CN(CCC(=O)[Se]c1ccccc1)C1CC=CCC1. The van der Waals surface area contributed by atoms with Crippen LogP contribution in [-0.4, -0.2) is 44.2 Å². The molecule has 102 valence electrons. The van der Waals surface area contributed by atoms with Gasteiger partial charge in [-0.15, -0.1) is 0 Å². The molecule has 0 aromatic heterocycles. The third-order valence-corrected chi connectivity index (χ3v) is 5.48. The van der Waals surface area contributed by atoms with Gasteiger partial charge < -0.3 is 0 Å². The fraction of sp³-hybridized carbons (Fsp3) is 0.438. The fourth-order valence-electron chi connectivity index (χ4n) is 2.30. The Morgan fingerprint density at radius 3 is 2.79 bits per heavy atom. The summed E-state index contributed by atoms with van der Waals surface area (Å²) in [5, 5.41) is 0. The monoisotopic (exact) mass is 323 g/mol. The molecule has 19 heavy (non-hydrogen) atoms. The second-order valence-corrected chi connectivity index (χ2v) is 7.33. The molecule has 1 unspecified atom stereocenters. The molecule has 1 aromatic rings. The van der Waals surface area contributed by atoms with Gasteiger partial charge in [0, 0.05) is 0 Å². The molecule has 2 nitrogen and oxygen atoms in total. The van der Waals surface area contributed by atoms with Gasteiger partial charge in [-0.2, -0.15) is 0 Å². The summed E-state index contributed by atoms with van der Waals surface area (Å²) >= 11 is -0.0193. The van der Waals surface area contributed by atoms with Crippen molar-refractivity contribution in [1.82, 2.24) is 4.90 Å². The van der Waals surface area contributed by atoms with Crippen molar-refractivity contribution in [2.24, 2.45) is 0 Å². The summed E-state index contributed by atoms with van der Waals surface area (Å²) in [5.41, 5.74) is 0. The first kappa shape index (κ1) is 14.5. The Bertz CT molecular complexity index is 430. The fourth-order valence-corrected chi connectivity index (χ4v) is 3.87. The van der Waals surface area contributed by atoms with Crippen molar-refractivity contribution >= 4 is 24.1 Å². The van der Waals surface area contributed by atoms with Crippen LogP contribution in [0.2, 0.25) is 0 Å². The summed E-state index contributed by atoms with van der Waals surface area (Å²) < 4.78 is 1.58. The molecular weight excluding hydrogens is 301 g/mol. The summed E-state index contributed by atoms with van der Waals surface area (Å²) in [7, 11) is 2.15. The van der Waals surface area contributed by atoms with Gasteiger partial charge >= 0.3 is 122 Å². The number of hydrogen-bond donors (Lipinski definition) is 0. The number of rotatable bonds is 6. The van der Waals surface area contributed by atoms with Gasteiger partial charge in [0.05, 0.1) is 0 Å². The van der Waals surface area contributed by atoms with Crippen LogP contribution in [0.5, 0.6) is 0 Å². The van der Waals surface area contributed by atoms with E-state index in [9.17, 15) is 4.79 Å². The first-order chi connectivity index (χ1) is 9.25. The van der Waals surface area contributed by atoms with Gasteiger partial charge in [-0.25, -0.2) is 0 Å². The van der Waals surface area contributed by atoms with Crippen molar-refractivity contribution in [1.29, 1.82) is 0 Å². The predicted octanol–water partition coefficient (Wildman–Crippen LogP) is 1.97. The van der Waals surface area contributed by atoms with E-state index in [0.717, 1.165) is 13.0 Å². The molecule has 1 aromatic carbocycles. The molecule has 0 saturated carbocycles. The minimum absolute atomic E-state index is 0.0193. The Labute approximate surface area is 122 Å². The molecule has 0 spiro atoms. The van der Waals surface area contributed by atoms with E-state index in [2.05, 4.69) is 24.1 Å². The van der Waals surface area contributed by atoms with Crippen molar-refractivity contribution in [3.05, 3.63) is 42.5 Å². The number of nitrogens with zero attached hydrogens (tertiary/aromatic N) is 1. The van der Waals surface area contributed by atoms with E-state index in [4.69, 9.17) is 0 Å². The standard InChI is InChI=1S/C16H21NOSe/c1-17(14-8-4-2-5-9-14)13-12-16(18)19-15-10-6-3-7-11-15/h2-4,6-7,10-11,14H,5,8-9,12-13H2,1H3. The number of carbonyl (C=O) groups excluding carboxylic acids is 1. The maximum atomic E-state index is 12.0. The molecule has 0 bridgehead atoms. The molecule has 0 heterocycles. The van der Waals surface area contributed by atoms with Crippen LogP contribution in [0.3, 0.4) is 0 Å². The van der Waals surface area contributed by atoms with Gasteiger partial charge in [0.1, 0.15) is 0 Å². The molecular formula is C16H21NOSe. The summed E-state index contributed by atoms with van der Waals surface area (Å²) in [6.07, 6.45) is 8.75. The average molecular weight is 322 g/mol. The van der Waals surface area contributed by atoms with Crippen LogP contribution in [0.25, 0.3) is 0 Å². The summed E-state index contributed by atoms with van der Waals surface area (Å²) in [5.74, 6) is 0. The molecule has 0 aliphatic heterocycles. The van der Waals surface area contributed by atoms with Crippen molar-refractivity contribution < 1.29 is 4.79 Å². The second-order valence-electron chi connectivity index (χ2n) is 4.96. The number of carbonyl (C=O) groups is 1. The van der Waals surface area contributed by atoms with E-state index in [1.807, 2.05) is 30.3 Å². The van der Waals surface area contributed by atoms with Crippen LogP contribution in [0.4, 0.5) is 0 Å². The van der Waals surface area contributed by atoms with Crippen molar-refractivity contribution in [2.75, 3.05) is 13.6 Å². The molecule has 0 N–H and O–H groups in total. The molecule has 2 rings (SSSR count). The Hall–Kier alpha value is -0.891. The average Bonchev–Trinajstić information content (AvgIpc) is 2.47. The Balaban J connectivity index is 1.72. The third-order valence-electron chi connectivity index (χ3n) is 3.51. The molecule has 0 amide bonds. The molecule has 1 aliphatic carbocycles. The Kier molecular flexibility index (Phi) is 5.84. The van der Waals surface area contributed by atoms with Gasteiger partial charge in [-0.05, 0) is 0 Å². The van der Waals surface area contributed by atoms with Gasteiger partial charge in [0.2, 0.25) is 0 Å². The van der Waals surface area contributed by atoms with Crippen LogP contribution in [-0.2, 0) is 4.79 Å². The maximum absolute atomic E-state index is 12.0. The minimum atomic E-state index is -0.0193. The van der Waals surface area contributed by atoms with Gasteiger partial charge in [0.15, 0.2) is 0 Å². The topological polar surface area (TPSA) is 20.3 Å². The number of allylic oxidation sites excluding steroid dienone is 1. The molecule has 1 aliphatic rings. The van der Waals surface area contributed by atoms with Crippen molar-refractivity contribution in [3.8, 4) is 0 Å². The van der Waals surface area contributed by atoms with Gasteiger partial charge in [-0.1, -0.05) is 0 Å². The zero-order chi connectivity index (χ0) is 13.5. The number of benzene rings is 1. The van der Waals surface area contributed by atoms with Gasteiger partial charge in [0.25, 0.3) is 0 Å². The molecule has 0 fully saturated rings. The van der Waals surface area contributed by atoms with E-state index in [0.29, 0.717) is 17.1 Å². The summed E-state index contributed by atoms with van der Waals surface area (Å²) in [6.45, 7) is 0.895. The first-order valence-electron chi connectivity index (χ1n) is 6.86. The Morgan fingerprint density at radius 1 is 1.32 bits per heavy atom.